The molecule has 1 aromatic carbocycles. The zero-order chi connectivity index (χ0) is 18.2. The lowest BCUT2D eigenvalue weighted by molar-refractivity contribution is -0.126. The summed E-state index contributed by atoms with van der Waals surface area (Å²) in [5.74, 6) is -0.627. The first-order chi connectivity index (χ1) is 10.9. The monoisotopic (exact) mass is 363 g/mol. The summed E-state index contributed by atoms with van der Waals surface area (Å²) in [7, 11) is -3.31. The van der Waals surface area contributed by atoms with Crippen LogP contribution in [-0.2, 0) is 21.2 Å². The molecule has 0 saturated heterocycles. The van der Waals surface area contributed by atoms with E-state index >= 15 is 0 Å². The van der Waals surface area contributed by atoms with Crippen LogP contribution in [0.1, 0.15) is 18.9 Å². The lowest BCUT2D eigenvalue weighted by Gasteiger charge is -2.22. The minimum absolute atomic E-state index is 0.0570. The number of sulfone groups is 1. The maximum Gasteiger partial charge on any atom is 0.431 e. The number of nitrogens with zero attached hydrogens (tertiary/aromatic N) is 1. The Bertz CT molecular complexity index is 773. The number of hydrazone groups is 1. The van der Waals surface area contributed by atoms with Gasteiger partial charge in [0.15, 0.2) is 9.84 Å². The van der Waals surface area contributed by atoms with Crippen molar-refractivity contribution >= 4 is 21.5 Å². The van der Waals surface area contributed by atoms with Gasteiger partial charge in [0.25, 0.3) is 0 Å². The summed E-state index contributed by atoms with van der Waals surface area (Å²) in [5, 5.41) is 5.71. The third kappa shape index (κ3) is 4.05. The van der Waals surface area contributed by atoms with Crippen LogP contribution in [0.4, 0.5) is 13.2 Å². The predicted octanol–water partition coefficient (Wildman–Crippen LogP) is 1.38. The third-order valence-corrected chi connectivity index (χ3v) is 4.72. The smallest absolute Gasteiger partial charge is 0.350 e. The summed E-state index contributed by atoms with van der Waals surface area (Å²) in [6.45, 7) is 1.39. The fourth-order valence-electron chi connectivity index (χ4n) is 2.13. The number of halogens is 3. The van der Waals surface area contributed by atoms with Gasteiger partial charge in [-0.25, -0.2) is 8.42 Å². The summed E-state index contributed by atoms with van der Waals surface area (Å²) in [4.78, 5) is 12.3. The van der Waals surface area contributed by atoms with Gasteiger partial charge in [-0.1, -0.05) is 12.1 Å². The molecule has 10 heteroatoms. The number of nitrogens with one attached hydrogen (secondary N) is 2. The van der Waals surface area contributed by atoms with E-state index in [-0.39, 0.29) is 11.4 Å². The quantitative estimate of drug-likeness (QED) is 0.846. The molecule has 0 spiro atoms. The molecule has 0 bridgehead atoms. The van der Waals surface area contributed by atoms with Crippen molar-refractivity contribution in [1.82, 2.24) is 10.7 Å². The summed E-state index contributed by atoms with van der Waals surface area (Å²) < 4.78 is 60.5. The maximum atomic E-state index is 12.6. The van der Waals surface area contributed by atoms with E-state index in [0.717, 1.165) is 6.26 Å². The highest BCUT2D eigenvalue weighted by Crippen LogP contribution is 2.28. The fourth-order valence-corrected chi connectivity index (χ4v) is 2.76. The maximum absolute atomic E-state index is 12.6. The van der Waals surface area contributed by atoms with Crippen LogP contribution in [0.3, 0.4) is 0 Å². The van der Waals surface area contributed by atoms with Crippen molar-refractivity contribution in [2.75, 3.05) is 6.26 Å². The highest BCUT2D eigenvalue weighted by molar-refractivity contribution is 7.90. The minimum atomic E-state index is -4.58. The van der Waals surface area contributed by atoms with Crippen LogP contribution in [0, 0.1) is 0 Å². The molecule has 1 aliphatic heterocycles. The summed E-state index contributed by atoms with van der Waals surface area (Å²) >= 11 is 0. The van der Waals surface area contributed by atoms with Crippen LogP contribution < -0.4 is 10.7 Å². The van der Waals surface area contributed by atoms with Crippen molar-refractivity contribution in [2.45, 2.75) is 36.5 Å². The first-order valence-corrected chi connectivity index (χ1v) is 8.79. The van der Waals surface area contributed by atoms with Gasteiger partial charge in [0, 0.05) is 19.2 Å². The van der Waals surface area contributed by atoms with Crippen LogP contribution in [0.15, 0.2) is 34.3 Å². The Morgan fingerprint density at radius 3 is 2.38 bits per heavy atom. The van der Waals surface area contributed by atoms with Gasteiger partial charge in [0.1, 0.15) is 11.3 Å². The van der Waals surface area contributed by atoms with E-state index in [1.807, 2.05) is 0 Å². The molecule has 0 aromatic heterocycles. The van der Waals surface area contributed by atoms with E-state index in [0.29, 0.717) is 5.56 Å². The van der Waals surface area contributed by atoms with Gasteiger partial charge in [-0.05, 0) is 24.6 Å². The van der Waals surface area contributed by atoms with Gasteiger partial charge in [0.2, 0.25) is 5.91 Å². The van der Waals surface area contributed by atoms with E-state index in [9.17, 15) is 26.4 Å². The van der Waals surface area contributed by atoms with Crippen LogP contribution in [0.2, 0.25) is 0 Å². The van der Waals surface area contributed by atoms with E-state index in [2.05, 4.69) is 15.8 Å². The Morgan fingerprint density at radius 1 is 1.33 bits per heavy atom. The largest absolute Gasteiger partial charge is 0.431 e. The topological polar surface area (TPSA) is 87.6 Å². The molecule has 1 aliphatic rings. The molecule has 0 fully saturated rings. The Labute approximate surface area is 137 Å². The van der Waals surface area contributed by atoms with Crippen molar-refractivity contribution in [3.05, 3.63) is 29.8 Å². The Balaban J connectivity index is 1.97. The van der Waals surface area contributed by atoms with E-state index in [1.165, 1.54) is 31.2 Å². The molecule has 1 heterocycles. The van der Waals surface area contributed by atoms with Gasteiger partial charge in [-0.2, -0.15) is 18.3 Å². The van der Waals surface area contributed by atoms with Gasteiger partial charge in [0.05, 0.1) is 4.90 Å². The number of amides is 1. The second-order valence-electron chi connectivity index (χ2n) is 5.78. The van der Waals surface area contributed by atoms with Crippen LogP contribution in [-0.4, -0.2) is 38.0 Å². The molecule has 132 valence electrons. The third-order valence-electron chi connectivity index (χ3n) is 3.59. The first-order valence-electron chi connectivity index (χ1n) is 6.90. The zero-order valence-corrected chi connectivity index (χ0v) is 13.8. The van der Waals surface area contributed by atoms with Crippen LogP contribution in [0.5, 0.6) is 0 Å². The first kappa shape index (κ1) is 18.2. The second kappa shape index (κ2) is 6.08. The number of carbonyl (C=O) groups excluding carboxylic acids is 1. The van der Waals surface area contributed by atoms with Gasteiger partial charge in [-0.15, -0.1) is 0 Å². The number of hydrogen-bond acceptors (Lipinski definition) is 5. The van der Waals surface area contributed by atoms with Crippen molar-refractivity contribution in [1.29, 1.82) is 0 Å². The number of hydrogen-bond donors (Lipinski definition) is 2. The number of benzene rings is 1. The van der Waals surface area contributed by atoms with Crippen molar-refractivity contribution in [3.8, 4) is 0 Å². The molecule has 2 N–H and O–H groups in total. The molecule has 1 aromatic rings. The highest BCUT2D eigenvalue weighted by atomic mass is 32.2. The number of rotatable bonds is 4. The molecule has 6 nitrogen and oxygen atoms in total. The number of carbonyl (C=O) groups is 1. The van der Waals surface area contributed by atoms with Crippen molar-refractivity contribution in [3.63, 3.8) is 0 Å². The molecule has 1 amide bonds. The lowest BCUT2D eigenvalue weighted by Crippen LogP contribution is -2.51. The summed E-state index contributed by atoms with van der Waals surface area (Å²) in [5.41, 5.74) is 0.346. The minimum Gasteiger partial charge on any atom is -0.350 e. The van der Waals surface area contributed by atoms with Crippen LogP contribution in [0.25, 0.3) is 0 Å². The molecule has 0 aliphatic carbocycles. The molecule has 1 atom stereocenters. The Morgan fingerprint density at radius 2 is 1.92 bits per heavy atom. The Hall–Kier alpha value is -2.10. The zero-order valence-electron chi connectivity index (χ0n) is 12.9. The summed E-state index contributed by atoms with van der Waals surface area (Å²) in [6.07, 6.45) is -4.06. The molecule has 1 unspecified atom stereocenters. The molecule has 0 radical (unpaired) electrons. The molecule has 24 heavy (non-hydrogen) atoms. The second-order valence-corrected chi connectivity index (χ2v) is 7.79. The van der Waals surface area contributed by atoms with E-state index in [1.54, 1.807) is 0 Å². The average Bonchev–Trinajstić information content (AvgIpc) is 2.88. The molecule has 0 saturated carbocycles. The SMILES string of the molecule is CC1(C(=O)NCc2ccc(S(C)(=O)=O)cc2)CC(C(F)(F)F)=NN1. The molecule has 2 rings (SSSR count). The van der Waals surface area contributed by atoms with Crippen molar-refractivity contribution in [2.24, 2.45) is 5.10 Å². The van der Waals surface area contributed by atoms with E-state index in [4.69, 9.17) is 0 Å². The van der Waals surface area contributed by atoms with Gasteiger partial charge in [-0.3, -0.25) is 10.2 Å². The van der Waals surface area contributed by atoms with Crippen LogP contribution >= 0.6 is 0 Å². The van der Waals surface area contributed by atoms with Gasteiger partial charge < -0.3 is 5.32 Å². The molecular weight excluding hydrogens is 347 g/mol. The van der Waals surface area contributed by atoms with Gasteiger partial charge >= 0.3 is 6.18 Å². The predicted molar refractivity (Wildman–Crippen MR) is 81.0 cm³/mol. The fraction of sp³-hybridized carbons (Fsp3) is 0.429. The molecular formula is C14H16F3N3O3S. The van der Waals surface area contributed by atoms with E-state index < -0.39 is 39.6 Å². The summed E-state index contributed by atoms with van der Waals surface area (Å²) in [6, 6.07) is 5.85. The highest BCUT2D eigenvalue weighted by Gasteiger charge is 2.47. The number of alkyl halides is 3. The average molecular weight is 363 g/mol. The standard InChI is InChI=1S/C14H16F3N3O3S/c1-13(7-11(19-20-13)14(15,16)17)12(21)18-8-9-3-5-10(6-4-9)24(2,22)23/h3-6,20H,7-8H2,1-2H3,(H,18,21). The normalized spacial score (nSPS) is 21.1. The lowest BCUT2D eigenvalue weighted by atomic mass is 9.95. The Kier molecular flexibility index (Phi) is 4.62. The van der Waals surface area contributed by atoms with Crippen molar-refractivity contribution < 1.29 is 26.4 Å².